The van der Waals surface area contributed by atoms with Crippen LogP contribution in [0.3, 0.4) is 0 Å². The number of carbonyl (C=O) groups excluding carboxylic acids is 1. The highest BCUT2D eigenvalue weighted by molar-refractivity contribution is 5.79. The number of aromatic nitrogens is 4. The van der Waals surface area contributed by atoms with E-state index in [1.807, 2.05) is 6.92 Å². The molecule has 2 N–H and O–H groups in total. The van der Waals surface area contributed by atoms with Gasteiger partial charge in [0.25, 0.3) is 0 Å². The molecule has 1 fully saturated rings. The van der Waals surface area contributed by atoms with Gasteiger partial charge in [-0.2, -0.15) is 5.21 Å². The van der Waals surface area contributed by atoms with Crippen LogP contribution >= 0.6 is 0 Å². The maximum Gasteiger partial charge on any atom is 0.226 e. The van der Waals surface area contributed by atoms with Crippen molar-refractivity contribution >= 4 is 5.91 Å². The van der Waals surface area contributed by atoms with Crippen LogP contribution in [0, 0.1) is 5.92 Å². The molecule has 0 aliphatic carbocycles. The van der Waals surface area contributed by atoms with Crippen molar-refractivity contribution in [3.63, 3.8) is 0 Å². The molecule has 1 aromatic rings. The summed E-state index contributed by atoms with van der Waals surface area (Å²) >= 11 is 0. The van der Waals surface area contributed by atoms with E-state index in [2.05, 4.69) is 25.9 Å². The van der Waals surface area contributed by atoms with Crippen LogP contribution < -0.4 is 5.32 Å². The smallest absolute Gasteiger partial charge is 0.226 e. The quantitative estimate of drug-likeness (QED) is 0.697. The summed E-state index contributed by atoms with van der Waals surface area (Å²) in [6.07, 6.45) is 0.783. The Kier molecular flexibility index (Phi) is 2.91. The van der Waals surface area contributed by atoms with E-state index in [1.165, 1.54) is 0 Å². The molecule has 0 spiro atoms. The number of hydrogen-bond donors (Lipinski definition) is 2. The summed E-state index contributed by atoms with van der Waals surface area (Å²) in [7, 11) is 0. The Morgan fingerprint density at radius 1 is 1.73 bits per heavy atom. The van der Waals surface area contributed by atoms with Gasteiger partial charge < -0.3 is 10.1 Å². The molecule has 2 unspecified atom stereocenters. The number of nitrogens with one attached hydrogen (secondary N) is 2. The van der Waals surface area contributed by atoms with Crippen molar-refractivity contribution in [3.8, 4) is 0 Å². The van der Waals surface area contributed by atoms with Gasteiger partial charge in [-0.05, 0) is 13.3 Å². The van der Waals surface area contributed by atoms with E-state index in [1.54, 1.807) is 0 Å². The van der Waals surface area contributed by atoms with Crippen molar-refractivity contribution in [2.24, 2.45) is 5.92 Å². The molecule has 2 rings (SSSR count). The van der Waals surface area contributed by atoms with Gasteiger partial charge in [-0.15, -0.1) is 10.2 Å². The Bertz CT molecular complexity index is 320. The minimum Gasteiger partial charge on any atom is -0.381 e. The molecular formula is C8H13N5O2. The second-order valence-electron chi connectivity index (χ2n) is 3.56. The number of rotatable bonds is 3. The van der Waals surface area contributed by atoms with E-state index >= 15 is 0 Å². The molecule has 0 radical (unpaired) electrons. The number of nitrogens with zero attached hydrogens (tertiary/aromatic N) is 3. The first-order chi connectivity index (χ1) is 7.27. The topological polar surface area (TPSA) is 92.8 Å². The zero-order valence-corrected chi connectivity index (χ0v) is 8.43. The molecule has 7 nitrogen and oxygen atoms in total. The second kappa shape index (κ2) is 4.35. The molecule has 1 aliphatic rings. The molecular weight excluding hydrogens is 198 g/mol. The van der Waals surface area contributed by atoms with Gasteiger partial charge in [-0.3, -0.25) is 4.79 Å². The van der Waals surface area contributed by atoms with Crippen molar-refractivity contribution in [2.45, 2.75) is 19.4 Å². The zero-order chi connectivity index (χ0) is 10.7. The highest BCUT2D eigenvalue weighted by atomic mass is 16.5. The molecule has 1 aromatic heterocycles. The van der Waals surface area contributed by atoms with Crippen LogP contribution in [0.1, 0.15) is 25.2 Å². The maximum atomic E-state index is 11.7. The normalized spacial score (nSPS) is 22.6. The predicted molar refractivity (Wildman–Crippen MR) is 49.7 cm³/mol. The Morgan fingerprint density at radius 3 is 3.20 bits per heavy atom. The first-order valence-electron chi connectivity index (χ1n) is 4.89. The molecule has 1 aliphatic heterocycles. The van der Waals surface area contributed by atoms with Crippen LogP contribution in [-0.2, 0) is 9.53 Å². The van der Waals surface area contributed by atoms with E-state index in [-0.39, 0.29) is 17.9 Å². The average molecular weight is 211 g/mol. The van der Waals surface area contributed by atoms with Gasteiger partial charge in [-0.1, -0.05) is 5.21 Å². The van der Waals surface area contributed by atoms with E-state index < -0.39 is 0 Å². The van der Waals surface area contributed by atoms with Gasteiger partial charge in [-0.25, -0.2) is 0 Å². The summed E-state index contributed by atoms with van der Waals surface area (Å²) in [6.45, 7) is 2.98. The minimum absolute atomic E-state index is 0.00944. The zero-order valence-electron chi connectivity index (χ0n) is 8.43. The minimum atomic E-state index is -0.225. The van der Waals surface area contributed by atoms with E-state index in [9.17, 15) is 4.79 Å². The highest BCUT2D eigenvalue weighted by Crippen LogP contribution is 2.14. The standard InChI is InChI=1S/C8H13N5O2/c1-5(7-10-12-13-11-7)9-8(14)6-2-3-15-4-6/h5-6H,2-4H2,1H3,(H,9,14)(H,10,11,12,13). The SMILES string of the molecule is CC(NC(=O)C1CCOC1)c1nn[nH]n1. The summed E-state index contributed by atoms with van der Waals surface area (Å²) in [4.78, 5) is 11.7. The van der Waals surface area contributed by atoms with E-state index in [4.69, 9.17) is 4.74 Å². The lowest BCUT2D eigenvalue weighted by Gasteiger charge is -2.12. The lowest BCUT2D eigenvalue weighted by atomic mass is 10.1. The number of hydrogen-bond acceptors (Lipinski definition) is 5. The van der Waals surface area contributed by atoms with Crippen molar-refractivity contribution in [1.29, 1.82) is 0 Å². The van der Waals surface area contributed by atoms with E-state index in [0.29, 0.717) is 19.0 Å². The summed E-state index contributed by atoms with van der Waals surface area (Å²) in [6, 6.07) is -0.225. The highest BCUT2D eigenvalue weighted by Gasteiger charge is 2.25. The molecule has 1 amide bonds. The molecule has 2 atom stereocenters. The molecule has 82 valence electrons. The molecule has 2 heterocycles. The van der Waals surface area contributed by atoms with Crippen LogP contribution in [-0.4, -0.2) is 39.7 Å². The number of H-pyrrole nitrogens is 1. The summed E-state index contributed by atoms with van der Waals surface area (Å²) in [5.74, 6) is 0.436. The van der Waals surface area contributed by atoms with Gasteiger partial charge in [0.2, 0.25) is 5.91 Å². The Hall–Kier alpha value is -1.50. The number of aromatic amines is 1. The Labute approximate surface area is 86.6 Å². The summed E-state index contributed by atoms with van der Waals surface area (Å²) in [5.41, 5.74) is 0. The molecule has 0 saturated carbocycles. The monoisotopic (exact) mass is 211 g/mol. The fourth-order valence-corrected chi connectivity index (χ4v) is 1.49. The number of tetrazole rings is 1. The summed E-state index contributed by atoms with van der Waals surface area (Å²) in [5, 5.41) is 16.2. The van der Waals surface area contributed by atoms with Crippen LogP contribution in [0.5, 0.6) is 0 Å². The van der Waals surface area contributed by atoms with E-state index in [0.717, 1.165) is 6.42 Å². The van der Waals surface area contributed by atoms with Crippen molar-refractivity contribution in [2.75, 3.05) is 13.2 Å². The van der Waals surface area contributed by atoms with Crippen LogP contribution in [0.15, 0.2) is 0 Å². The fourth-order valence-electron chi connectivity index (χ4n) is 1.49. The van der Waals surface area contributed by atoms with Gasteiger partial charge in [0.1, 0.15) is 0 Å². The summed E-state index contributed by atoms with van der Waals surface area (Å²) < 4.78 is 5.14. The lowest BCUT2D eigenvalue weighted by molar-refractivity contribution is -0.125. The maximum absolute atomic E-state index is 11.7. The third-order valence-corrected chi connectivity index (χ3v) is 2.41. The molecule has 0 aromatic carbocycles. The van der Waals surface area contributed by atoms with Gasteiger partial charge in [0.05, 0.1) is 18.6 Å². The predicted octanol–water partition coefficient (Wildman–Crippen LogP) is -0.587. The second-order valence-corrected chi connectivity index (χ2v) is 3.56. The molecule has 15 heavy (non-hydrogen) atoms. The number of carbonyl (C=O) groups is 1. The van der Waals surface area contributed by atoms with Gasteiger partial charge in [0, 0.05) is 6.61 Å². The Morgan fingerprint density at radius 2 is 2.60 bits per heavy atom. The van der Waals surface area contributed by atoms with Crippen LogP contribution in [0.4, 0.5) is 0 Å². The van der Waals surface area contributed by atoms with Crippen molar-refractivity contribution < 1.29 is 9.53 Å². The van der Waals surface area contributed by atoms with Crippen molar-refractivity contribution in [1.82, 2.24) is 25.9 Å². The lowest BCUT2D eigenvalue weighted by Crippen LogP contribution is -2.33. The van der Waals surface area contributed by atoms with Gasteiger partial charge in [0.15, 0.2) is 5.82 Å². The largest absolute Gasteiger partial charge is 0.381 e. The van der Waals surface area contributed by atoms with Crippen LogP contribution in [0.25, 0.3) is 0 Å². The third-order valence-electron chi connectivity index (χ3n) is 2.41. The fraction of sp³-hybridized carbons (Fsp3) is 0.750. The van der Waals surface area contributed by atoms with Gasteiger partial charge >= 0.3 is 0 Å². The molecule has 0 bridgehead atoms. The Balaban J connectivity index is 1.88. The third kappa shape index (κ3) is 2.30. The number of ether oxygens (including phenoxy) is 1. The molecule has 1 saturated heterocycles. The van der Waals surface area contributed by atoms with Crippen molar-refractivity contribution in [3.05, 3.63) is 5.82 Å². The first kappa shape index (κ1) is 10.0. The molecule has 7 heteroatoms. The first-order valence-corrected chi connectivity index (χ1v) is 4.89. The van der Waals surface area contributed by atoms with Crippen LogP contribution in [0.2, 0.25) is 0 Å². The number of amides is 1. The average Bonchev–Trinajstić information content (AvgIpc) is 2.91.